The summed E-state index contributed by atoms with van der Waals surface area (Å²) in [4.78, 5) is 10.9. The first-order valence-electron chi connectivity index (χ1n) is 6.53. The second-order valence-corrected chi connectivity index (χ2v) is 4.13. The minimum absolute atomic E-state index is 0.500. The molecule has 0 amide bonds. The Labute approximate surface area is 113 Å². The van der Waals surface area contributed by atoms with Gasteiger partial charge in [0.25, 0.3) is 0 Å². The Hall–Kier alpha value is -2.02. The van der Waals surface area contributed by atoms with Crippen molar-refractivity contribution in [3.63, 3.8) is 0 Å². The number of nitriles is 1. The first-order valence-corrected chi connectivity index (χ1v) is 6.53. The lowest BCUT2D eigenvalue weighted by molar-refractivity contribution is 0.111. The molecule has 0 aliphatic carbocycles. The predicted molar refractivity (Wildman–Crippen MR) is 72.6 cm³/mol. The third-order valence-corrected chi connectivity index (χ3v) is 2.53. The topological polar surface area (TPSA) is 59.3 Å². The summed E-state index contributed by atoms with van der Waals surface area (Å²) >= 11 is 0. The monoisotopic (exact) mass is 261 g/mol. The van der Waals surface area contributed by atoms with E-state index in [0.29, 0.717) is 36.7 Å². The second-order valence-electron chi connectivity index (χ2n) is 4.13. The van der Waals surface area contributed by atoms with Gasteiger partial charge in [-0.1, -0.05) is 6.92 Å². The van der Waals surface area contributed by atoms with Crippen molar-refractivity contribution < 1.29 is 14.3 Å². The zero-order valence-corrected chi connectivity index (χ0v) is 11.2. The molecule has 4 nitrogen and oxygen atoms in total. The molecule has 0 spiro atoms. The van der Waals surface area contributed by atoms with Crippen LogP contribution in [0.5, 0.6) is 11.5 Å². The van der Waals surface area contributed by atoms with Gasteiger partial charge < -0.3 is 9.47 Å². The third kappa shape index (κ3) is 5.43. The maximum absolute atomic E-state index is 10.9. The summed E-state index contributed by atoms with van der Waals surface area (Å²) in [6.45, 7) is 3.17. The first kappa shape index (κ1) is 15.0. The number of aldehydes is 1. The van der Waals surface area contributed by atoms with Crippen LogP contribution in [0.3, 0.4) is 0 Å². The Morgan fingerprint density at radius 1 is 1.26 bits per heavy atom. The highest BCUT2D eigenvalue weighted by molar-refractivity contribution is 5.79. The average molecular weight is 261 g/mol. The second kappa shape index (κ2) is 8.98. The number of carbonyl (C=O) groups excluding carboxylic acids is 1. The van der Waals surface area contributed by atoms with E-state index in [1.165, 1.54) is 0 Å². The number of hydrogen-bond donors (Lipinski definition) is 0. The van der Waals surface area contributed by atoms with E-state index >= 15 is 0 Å². The van der Waals surface area contributed by atoms with Crippen LogP contribution >= 0.6 is 0 Å². The van der Waals surface area contributed by atoms with Crippen molar-refractivity contribution in [2.75, 3.05) is 13.2 Å². The molecule has 0 saturated heterocycles. The maximum atomic E-state index is 10.9. The minimum atomic E-state index is 0.500. The van der Waals surface area contributed by atoms with Gasteiger partial charge in [0.05, 0.1) is 24.8 Å². The Kier molecular flexibility index (Phi) is 7.11. The molecule has 4 heteroatoms. The Morgan fingerprint density at radius 3 is 2.79 bits per heavy atom. The molecule has 0 N–H and O–H groups in total. The van der Waals surface area contributed by atoms with Crippen molar-refractivity contribution in [3.05, 3.63) is 23.8 Å². The summed E-state index contributed by atoms with van der Waals surface area (Å²) in [6.07, 6.45) is 3.84. The number of hydrogen-bond acceptors (Lipinski definition) is 4. The molecule has 0 aliphatic rings. The molecular weight excluding hydrogens is 242 g/mol. The zero-order valence-electron chi connectivity index (χ0n) is 11.2. The van der Waals surface area contributed by atoms with Crippen LogP contribution in [-0.2, 0) is 0 Å². The van der Waals surface area contributed by atoms with E-state index in [2.05, 4.69) is 6.07 Å². The van der Waals surface area contributed by atoms with Crippen LogP contribution in [-0.4, -0.2) is 19.5 Å². The van der Waals surface area contributed by atoms with Crippen molar-refractivity contribution in [3.8, 4) is 17.6 Å². The van der Waals surface area contributed by atoms with Crippen LogP contribution < -0.4 is 9.47 Å². The van der Waals surface area contributed by atoms with E-state index in [0.717, 1.165) is 25.5 Å². The van der Waals surface area contributed by atoms with Gasteiger partial charge >= 0.3 is 0 Å². The molecule has 1 rings (SSSR count). The summed E-state index contributed by atoms with van der Waals surface area (Å²) in [5.74, 6) is 1.25. The van der Waals surface area contributed by atoms with Crippen molar-refractivity contribution in [1.29, 1.82) is 5.26 Å². The Balaban J connectivity index is 2.57. The molecule has 102 valence electrons. The number of nitrogens with zero attached hydrogens (tertiary/aromatic N) is 1. The summed E-state index contributed by atoms with van der Waals surface area (Å²) in [7, 11) is 0. The van der Waals surface area contributed by atoms with Crippen LogP contribution in [0.1, 0.15) is 43.0 Å². The number of benzene rings is 1. The first-order chi connectivity index (χ1) is 9.31. The molecule has 19 heavy (non-hydrogen) atoms. The molecule has 1 aromatic carbocycles. The van der Waals surface area contributed by atoms with Crippen LogP contribution in [0.4, 0.5) is 0 Å². The molecule has 0 saturated carbocycles. The summed E-state index contributed by atoms with van der Waals surface area (Å²) in [5, 5.41) is 8.43. The SMILES string of the molecule is CCCOc1ccc(C=O)c(OCCCCC#N)c1. The smallest absolute Gasteiger partial charge is 0.153 e. The van der Waals surface area contributed by atoms with Crippen LogP contribution in [0.2, 0.25) is 0 Å². The fourth-order valence-electron chi connectivity index (χ4n) is 1.53. The molecule has 0 aliphatic heterocycles. The molecule has 0 unspecified atom stereocenters. The molecule has 0 radical (unpaired) electrons. The summed E-state index contributed by atoms with van der Waals surface area (Å²) in [6, 6.07) is 7.29. The van der Waals surface area contributed by atoms with Crippen LogP contribution in [0.25, 0.3) is 0 Å². The molecule has 0 aromatic heterocycles. The lowest BCUT2D eigenvalue weighted by atomic mass is 10.2. The van der Waals surface area contributed by atoms with Gasteiger partial charge in [-0.2, -0.15) is 5.26 Å². The standard InChI is InChI=1S/C15H19NO3/c1-2-9-18-14-7-6-13(12-17)15(11-14)19-10-5-3-4-8-16/h6-7,11-12H,2-5,9-10H2,1H3. The molecule has 0 heterocycles. The lowest BCUT2D eigenvalue weighted by Crippen LogP contribution is -2.01. The number of rotatable bonds is 9. The number of ether oxygens (including phenoxy) is 2. The summed E-state index contributed by atoms with van der Waals surface area (Å²) < 4.78 is 11.1. The fourth-order valence-corrected chi connectivity index (χ4v) is 1.53. The number of unbranched alkanes of at least 4 members (excludes halogenated alkanes) is 2. The van der Waals surface area contributed by atoms with Crippen molar-refractivity contribution in [2.45, 2.75) is 32.6 Å². The Morgan fingerprint density at radius 2 is 2.11 bits per heavy atom. The third-order valence-electron chi connectivity index (χ3n) is 2.53. The van der Waals surface area contributed by atoms with Gasteiger partial charge in [0.15, 0.2) is 6.29 Å². The molecule has 0 bridgehead atoms. The molecule has 0 atom stereocenters. The quantitative estimate of drug-likeness (QED) is 0.505. The highest BCUT2D eigenvalue weighted by Crippen LogP contribution is 2.24. The van der Waals surface area contributed by atoms with Gasteiger partial charge in [-0.05, 0) is 31.4 Å². The van der Waals surface area contributed by atoms with E-state index in [1.807, 2.05) is 6.92 Å². The number of carbonyl (C=O) groups is 1. The van der Waals surface area contributed by atoms with Crippen molar-refractivity contribution in [2.24, 2.45) is 0 Å². The lowest BCUT2D eigenvalue weighted by Gasteiger charge is -2.10. The van der Waals surface area contributed by atoms with Gasteiger partial charge in [0, 0.05) is 12.5 Å². The highest BCUT2D eigenvalue weighted by atomic mass is 16.5. The largest absolute Gasteiger partial charge is 0.493 e. The van der Waals surface area contributed by atoms with E-state index < -0.39 is 0 Å². The normalized spacial score (nSPS) is 9.68. The van der Waals surface area contributed by atoms with Gasteiger partial charge in [0.1, 0.15) is 11.5 Å². The van der Waals surface area contributed by atoms with Gasteiger partial charge in [0.2, 0.25) is 0 Å². The van der Waals surface area contributed by atoms with Gasteiger partial charge in [-0.3, -0.25) is 4.79 Å². The van der Waals surface area contributed by atoms with E-state index in [9.17, 15) is 4.79 Å². The molecular formula is C15H19NO3. The average Bonchev–Trinajstić information content (AvgIpc) is 2.45. The fraction of sp³-hybridized carbons (Fsp3) is 0.467. The van der Waals surface area contributed by atoms with E-state index in [1.54, 1.807) is 18.2 Å². The summed E-state index contributed by atoms with van der Waals surface area (Å²) in [5.41, 5.74) is 0.518. The predicted octanol–water partition coefficient (Wildman–Crippen LogP) is 3.36. The van der Waals surface area contributed by atoms with Crippen LogP contribution in [0, 0.1) is 11.3 Å². The van der Waals surface area contributed by atoms with Gasteiger partial charge in [-0.15, -0.1) is 0 Å². The maximum Gasteiger partial charge on any atom is 0.153 e. The van der Waals surface area contributed by atoms with Crippen molar-refractivity contribution in [1.82, 2.24) is 0 Å². The molecule has 0 fully saturated rings. The Bertz CT molecular complexity index is 438. The molecule has 1 aromatic rings. The van der Waals surface area contributed by atoms with Crippen molar-refractivity contribution >= 4 is 6.29 Å². The van der Waals surface area contributed by atoms with E-state index in [4.69, 9.17) is 14.7 Å². The zero-order chi connectivity index (χ0) is 13.9. The van der Waals surface area contributed by atoms with E-state index in [-0.39, 0.29) is 0 Å². The van der Waals surface area contributed by atoms with Gasteiger partial charge in [-0.25, -0.2) is 0 Å². The highest BCUT2D eigenvalue weighted by Gasteiger charge is 2.05. The van der Waals surface area contributed by atoms with Crippen LogP contribution in [0.15, 0.2) is 18.2 Å². The minimum Gasteiger partial charge on any atom is -0.493 e.